The van der Waals surface area contributed by atoms with E-state index in [0.717, 1.165) is 12.0 Å². The maximum absolute atomic E-state index is 12.5. The Kier molecular flexibility index (Phi) is 3.65. The Balaban J connectivity index is 1.90. The number of nitrogens with zero attached hydrogens (tertiary/aromatic N) is 2. The predicted molar refractivity (Wildman–Crippen MR) is 80.9 cm³/mol. The maximum atomic E-state index is 12.5. The van der Waals surface area contributed by atoms with Gasteiger partial charge in [0, 0.05) is 24.0 Å². The molecule has 0 unspecified atom stereocenters. The fourth-order valence-corrected chi connectivity index (χ4v) is 3.58. The third kappa shape index (κ3) is 2.52. The van der Waals surface area contributed by atoms with Crippen molar-refractivity contribution >= 4 is 34.5 Å². The molecule has 0 radical (unpaired) electrons. The molecule has 1 aliphatic rings. The molecule has 0 saturated carbocycles. The summed E-state index contributed by atoms with van der Waals surface area (Å²) in [5, 5.41) is 12.8. The van der Waals surface area contributed by atoms with Gasteiger partial charge in [-0.3, -0.25) is 14.9 Å². The van der Waals surface area contributed by atoms with Gasteiger partial charge in [-0.25, -0.2) is 0 Å². The summed E-state index contributed by atoms with van der Waals surface area (Å²) in [7, 11) is 0. The summed E-state index contributed by atoms with van der Waals surface area (Å²) in [6.45, 7) is 1.13. The highest BCUT2D eigenvalue weighted by atomic mass is 35.5. The molecule has 1 aliphatic heterocycles. The van der Waals surface area contributed by atoms with Gasteiger partial charge in [-0.2, -0.15) is 0 Å². The van der Waals surface area contributed by atoms with Gasteiger partial charge in [0.15, 0.2) is 0 Å². The van der Waals surface area contributed by atoms with Crippen molar-refractivity contribution in [3.8, 4) is 0 Å². The molecule has 7 heteroatoms. The Labute approximate surface area is 129 Å². The van der Waals surface area contributed by atoms with Gasteiger partial charge in [-0.05, 0) is 29.5 Å². The molecule has 0 fully saturated rings. The zero-order valence-electron chi connectivity index (χ0n) is 10.9. The fourth-order valence-electron chi connectivity index (χ4n) is 2.42. The number of hydrogen-bond donors (Lipinski definition) is 0. The number of benzene rings is 1. The Morgan fingerprint density at radius 1 is 1.38 bits per heavy atom. The number of nitro benzene ring substituents is 1. The molecule has 2 aromatic rings. The molecule has 1 amide bonds. The van der Waals surface area contributed by atoms with Crippen LogP contribution in [0.3, 0.4) is 0 Å². The quantitative estimate of drug-likeness (QED) is 0.628. The van der Waals surface area contributed by atoms with E-state index < -0.39 is 4.92 Å². The van der Waals surface area contributed by atoms with Crippen molar-refractivity contribution in [2.24, 2.45) is 0 Å². The van der Waals surface area contributed by atoms with Gasteiger partial charge in [0.1, 0.15) is 5.02 Å². The van der Waals surface area contributed by atoms with E-state index in [0.29, 0.717) is 13.1 Å². The second kappa shape index (κ2) is 5.46. The van der Waals surface area contributed by atoms with E-state index in [9.17, 15) is 14.9 Å². The Morgan fingerprint density at radius 3 is 2.95 bits per heavy atom. The topological polar surface area (TPSA) is 63.4 Å². The lowest BCUT2D eigenvalue weighted by molar-refractivity contribution is -0.384. The minimum atomic E-state index is -0.577. The van der Waals surface area contributed by atoms with E-state index in [1.807, 2.05) is 11.4 Å². The normalized spacial score (nSPS) is 13.9. The van der Waals surface area contributed by atoms with Crippen LogP contribution in [0.1, 0.15) is 20.8 Å². The fraction of sp³-hybridized carbons (Fsp3) is 0.214. The Hall–Kier alpha value is -1.92. The second-order valence-corrected chi connectivity index (χ2v) is 6.12. The predicted octanol–water partition coefficient (Wildman–Crippen LogP) is 3.51. The van der Waals surface area contributed by atoms with E-state index in [1.54, 1.807) is 16.2 Å². The summed E-state index contributed by atoms with van der Waals surface area (Å²) in [6.07, 6.45) is 0.811. The summed E-state index contributed by atoms with van der Waals surface area (Å²) in [5.74, 6) is -0.263. The molecule has 3 rings (SSSR count). The number of rotatable bonds is 2. The number of hydrogen-bond acceptors (Lipinski definition) is 4. The summed E-state index contributed by atoms with van der Waals surface area (Å²) < 4.78 is 0. The third-order valence-corrected chi connectivity index (χ3v) is 4.92. The van der Waals surface area contributed by atoms with Crippen LogP contribution in [-0.2, 0) is 13.0 Å². The number of halogens is 1. The Bertz CT molecular complexity index is 729. The molecule has 0 spiro atoms. The van der Waals surface area contributed by atoms with Gasteiger partial charge in [0.25, 0.3) is 11.6 Å². The number of carbonyl (C=O) groups excluding carboxylic acids is 1. The molecular weight excluding hydrogens is 312 g/mol. The van der Waals surface area contributed by atoms with Gasteiger partial charge in [-0.15, -0.1) is 11.3 Å². The zero-order valence-corrected chi connectivity index (χ0v) is 12.5. The van der Waals surface area contributed by atoms with E-state index in [4.69, 9.17) is 11.6 Å². The van der Waals surface area contributed by atoms with Crippen LogP contribution in [0, 0.1) is 10.1 Å². The molecular formula is C14H11ClN2O3S. The maximum Gasteiger partial charge on any atom is 0.288 e. The van der Waals surface area contributed by atoms with Gasteiger partial charge in [0.05, 0.1) is 10.5 Å². The Morgan fingerprint density at radius 2 is 2.19 bits per heavy atom. The van der Waals surface area contributed by atoms with Crippen molar-refractivity contribution < 1.29 is 9.72 Å². The van der Waals surface area contributed by atoms with E-state index in [-0.39, 0.29) is 22.2 Å². The first kappa shape index (κ1) is 14.0. The van der Waals surface area contributed by atoms with Crippen molar-refractivity contribution in [3.63, 3.8) is 0 Å². The monoisotopic (exact) mass is 322 g/mol. The smallest absolute Gasteiger partial charge is 0.288 e. The van der Waals surface area contributed by atoms with Crippen molar-refractivity contribution in [2.75, 3.05) is 6.54 Å². The van der Waals surface area contributed by atoms with Gasteiger partial charge < -0.3 is 4.90 Å². The van der Waals surface area contributed by atoms with Gasteiger partial charge in [0.2, 0.25) is 0 Å². The molecule has 0 bridgehead atoms. The standard InChI is InChI=1S/C14H11ClN2O3S/c15-13-10(2-1-3-11(13)17(19)20)14(18)16-6-4-12-9(8-16)5-7-21-12/h1-3,5,7H,4,6,8H2. The summed E-state index contributed by atoms with van der Waals surface area (Å²) in [5.41, 5.74) is 1.08. The number of nitro groups is 1. The SMILES string of the molecule is O=C(c1cccc([N+](=O)[O-])c1Cl)N1CCc2sccc2C1. The molecule has 21 heavy (non-hydrogen) atoms. The first-order valence-electron chi connectivity index (χ1n) is 6.35. The number of carbonyl (C=O) groups is 1. The average Bonchev–Trinajstić information content (AvgIpc) is 2.93. The van der Waals surface area contributed by atoms with Crippen molar-refractivity contribution in [1.82, 2.24) is 4.90 Å². The van der Waals surface area contributed by atoms with Crippen LogP contribution >= 0.6 is 22.9 Å². The molecule has 0 aliphatic carbocycles. The highest BCUT2D eigenvalue weighted by molar-refractivity contribution is 7.10. The number of amides is 1. The van der Waals surface area contributed by atoms with Gasteiger partial charge >= 0.3 is 0 Å². The second-order valence-electron chi connectivity index (χ2n) is 4.74. The average molecular weight is 323 g/mol. The zero-order chi connectivity index (χ0) is 15.0. The van der Waals surface area contributed by atoms with Crippen LogP contribution in [0.2, 0.25) is 5.02 Å². The van der Waals surface area contributed by atoms with E-state index >= 15 is 0 Å². The van der Waals surface area contributed by atoms with Crippen molar-refractivity contribution in [3.05, 3.63) is 60.8 Å². The molecule has 0 atom stereocenters. The summed E-state index contributed by atoms with van der Waals surface area (Å²) in [6, 6.07) is 6.32. The summed E-state index contributed by atoms with van der Waals surface area (Å²) in [4.78, 5) is 25.8. The lowest BCUT2D eigenvalue weighted by Gasteiger charge is -2.27. The summed E-state index contributed by atoms with van der Waals surface area (Å²) >= 11 is 7.70. The highest BCUT2D eigenvalue weighted by Crippen LogP contribution is 2.30. The van der Waals surface area contributed by atoms with E-state index in [2.05, 4.69) is 0 Å². The molecule has 2 heterocycles. The molecule has 0 saturated heterocycles. The van der Waals surface area contributed by atoms with Crippen molar-refractivity contribution in [1.29, 1.82) is 0 Å². The molecule has 1 aromatic carbocycles. The minimum absolute atomic E-state index is 0.0939. The molecule has 5 nitrogen and oxygen atoms in total. The van der Waals surface area contributed by atoms with Crippen LogP contribution in [0.4, 0.5) is 5.69 Å². The minimum Gasteiger partial charge on any atom is -0.334 e. The first-order valence-corrected chi connectivity index (χ1v) is 7.61. The van der Waals surface area contributed by atoms with Crippen LogP contribution in [0.5, 0.6) is 0 Å². The van der Waals surface area contributed by atoms with Crippen LogP contribution in [-0.4, -0.2) is 22.3 Å². The lowest BCUT2D eigenvalue weighted by atomic mass is 10.1. The van der Waals surface area contributed by atoms with Crippen LogP contribution in [0.15, 0.2) is 29.6 Å². The molecule has 1 aromatic heterocycles. The van der Waals surface area contributed by atoms with E-state index in [1.165, 1.54) is 23.1 Å². The van der Waals surface area contributed by atoms with Crippen LogP contribution < -0.4 is 0 Å². The highest BCUT2D eigenvalue weighted by Gasteiger charge is 2.26. The first-order chi connectivity index (χ1) is 10.1. The molecule has 108 valence electrons. The van der Waals surface area contributed by atoms with Crippen molar-refractivity contribution in [2.45, 2.75) is 13.0 Å². The number of fused-ring (bicyclic) bond motifs is 1. The van der Waals surface area contributed by atoms with Crippen LogP contribution in [0.25, 0.3) is 0 Å². The van der Waals surface area contributed by atoms with Gasteiger partial charge in [-0.1, -0.05) is 17.7 Å². The molecule has 0 N–H and O–H groups in total. The lowest BCUT2D eigenvalue weighted by Crippen LogP contribution is -2.35. The number of thiophene rings is 1. The third-order valence-electron chi connectivity index (χ3n) is 3.50. The largest absolute Gasteiger partial charge is 0.334 e.